The van der Waals surface area contributed by atoms with Crippen molar-refractivity contribution in [3.63, 3.8) is 0 Å². The van der Waals surface area contributed by atoms with Crippen molar-refractivity contribution < 1.29 is 4.84 Å². The maximum atomic E-state index is 4.72. The zero-order valence-electron chi connectivity index (χ0n) is 12.0. The van der Waals surface area contributed by atoms with Crippen molar-refractivity contribution in [3.8, 4) is 11.3 Å². The first-order chi connectivity index (χ1) is 10.2. The Hall–Kier alpha value is -2.90. The minimum atomic E-state index is 0.601. The standard InChI is InChI=1S/C13H15N7O/c1-9(18-21-3)17-12-13-15-7-11(20(13)5-4-14-12)10-6-16-19(2)8-10/h4-8H,1-3H3,(H,14,17,18). The van der Waals surface area contributed by atoms with E-state index in [2.05, 4.69) is 25.5 Å². The highest BCUT2D eigenvalue weighted by Gasteiger charge is 2.11. The lowest BCUT2D eigenvalue weighted by atomic mass is 10.3. The Kier molecular flexibility index (Phi) is 3.27. The van der Waals surface area contributed by atoms with E-state index in [0.717, 1.165) is 11.3 Å². The average Bonchev–Trinajstić information content (AvgIpc) is 3.05. The predicted octanol–water partition coefficient (Wildman–Crippen LogP) is 1.52. The lowest BCUT2D eigenvalue weighted by Gasteiger charge is -2.06. The fourth-order valence-electron chi connectivity index (χ4n) is 2.11. The molecule has 0 bridgehead atoms. The van der Waals surface area contributed by atoms with Gasteiger partial charge in [-0.2, -0.15) is 5.10 Å². The van der Waals surface area contributed by atoms with E-state index >= 15 is 0 Å². The fourth-order valence-corrected chi connectivity index (χ4v) is 2.11. The van der Waals surface area contributed by atoms with Crippen LogP contribution in [0, 0.1) is 0 Å². The SMILES string of the molecule is CO/N=C(\C)Nc1nccn2c(-c3cnn(C)c3)cnc12. The van der Waals surface area contributed by atoms with Crippen molar-refractivity contribution in [2.24, 2.45) is 12.2 Å². The van der Waals surface area contributed by atoms with Gasteiger partial charge >= 0.3 is 0 Å². The molecule has 3 aromatic heterocycles. The van der Waals surface area contributed by atoms with Crippen LogP contribution >= 0.6 is 0 Å². The first kappa shape index (κ1) is 13.1. The van der Waals surface area contributed by atoms with Gasteiger partial charge in [0.2, 0.25) is 0 Å². The summed E-state index contributed by atoms with van der Waals surface area (Å²) in [5, 5.41) is 11.1. The van der Waals surface area contributed by atoms with Crippen molar-refractivity contribution in [1.29, 1.82) is 0 Å². The topological polar surface area (TPSA) is 81.6 Å². The number of imidazole rings is 1. The molecule has 0 unspecified atom stereocenters. The van der Waals surface area contributed by atoms with Crippen LogP contribution in [0.15, 0.2) is 36.1 Å². The van der Waals surface area contributed by atoms with Gasteiger partial charge in [-0.15, -0.1) is 0 Å². The van der Waals surface area contributed by atoms with E-state index in [1.807, 2.05) is 23.8 Å². The van der Waals surface area contributed by atoms with Gasteiger partial charge in [-0.05, 0) is 6.92 Å². The molecule has 0 aliphatic heterocycles. The normalized spacial score (nSPS) is 11.9. The minimum absolute atomic E-state index is 0.601. The second-order valence-corrected chi connectivity index (χ2v) is 4.50. The van der Waals surface area contributed by atoms with Crippen molar-refractivity contribution in [2.75, 3.05) is 12.4 Å². The van der Waals surface area contributed by atoms with Gasteiger partial charge in [-0.25, -0.2) is 9.97 Å². The summed E-state index contributed by atoms with van der Waals surface area (Å²) in [7, 11) is 3.38. The molecule has 0 radical (unpaired) electrons. The summed E-state index contributed by atoms with van der Waals surface area (Å²) in [4.78, 5) is 13.4. The number of nitrogens with one attached hydrogen (secondary N) is 1. The van der Waals surface area contributed by atoms with Crippen LogP contribution in [0.25, 0.3) is 16.9 Å². The number of aryl methyl sites for hydroxylation is 1. The van der Waals surface area contributed by atoms with E-state index in [1.54, 1.807) is 30.2 Å². The van der Waals surface area contributed by atoms with Gasteiger partial charge < -0.3 is 10.2 Å². The number of amidine groups is 1. The van der Waals surface area contributed by atoms with Crippen molar-refractivity contribution in [2.45, 2.75) is 6.92 Å². The Morgan fingerprint density at radius 2 is 2.19 bits per heavy atom. The summed E-state index contributed by atoms with van der Waals surface area (Å²) < 4.78 is 3.71. The molecule has 3 heterocycles. The van der Waals surface area contributed by atoms with Gasteiger partial charge in [0.05, 0.1) is 18.1 Å². The largest absolute Gasteiger partial charge is 0.398 e. The van der Waals surface area contributed by atoms with Gasteiger partial charge in [0.25, 0.3) is 0 Å². The molecule has 0 spiro atoms. The van der Waals surface area contributed by atoms with E-state index in [0.29, 0.717) is 17.3 Å². The molecule has 0 atom stereocenters. The Morgan fingerprint density at radius 1 is 1.33 bits per heavy atom. The van der Waals surface area contributed by atoms with Crippen LogP contribution in [0.5, 0.6) is 0 Å². The molecule has 3 aromatic rings. The van der Waals surface area contributed by atoms with E-state index in [4.69, 9.17) is 4.84 Å². The predicted molar refractivity (Wildman–Crippen MR) is 78.9 cm³/mol. The van der Waals surface area contributed by atoms with Crippen LogP contribution in [0.1, 0.15) is 6.92 Å². The number of hydrogen-bond acceptors (Lipinski definition) is 5. The highest BCUT2D eigenvalue weighted by atomic mass is 16.6. The Balaban J connectivity index is 2.06. The molecule has 0 saturated heterocycles. The molecular weight excluding hydrogens is 270 g/mol. The van der Waals surface area contributed by atoms with Gasteiger partial charge in [-0.1, -0.05) is 5.16 Å². The molecule has 3 rings (SSSR count). The Morgan fingerprint density at radius 3 is 2.90 bits per heavy atom. The number of nitrogens with zero attached hydrogens (tertiary/aromatic N) is 6. The molecular formula is C13H15N7O. The van der Waals surface area contributed by atoms with Crippen molar-refractivity contribution >= 4 is 17.3 Å². The van der Waals surface area contributed by atoms with E-state index in [1.165, 1.54) is 7.11 Å². The number of aromatic nitrogens is 5. The van der Waals surface area contributed by atoms with Gasteiger partial charge in [0, 0.05) is 31.2 Å². The van der Waals surface area contributed by atoms with E-state index in [9.17, 15) is 0 Å². The Labute approximate surface area is 121 Å². The zero-order valence-corrected chi connectivity index (χ0v) is 12.0. The Bertz CT molecular complexity index is 802. The summed E-state index contributed by atoms with van der Waals surface area (Å²) in [6, 6.07) is 0. The smallest absolute Gasteiger partial charge is 0.180 e. The zero-order chi connectivity index (χ0) is 14.8. The minimum Gasteiger partial charge on any atom is -0.398 e. The fraction of sp³-hybridized carbons (Fsp3) is 0.231. The van der Waals surface area contributed by atoms with Gasteiger partial charge in [-0.3, -0.25) is 9.08 Å². The highest BCUT2D eigenvalue weighted by molar-refractivity contribution is 5.95. The quantitative estimate of drug-likeness (QED) is 0.448. The molecule has 8 nitrogen and oxygen atoms in total. The maximum Gasteiger partial charge on any atom is 0.180 e. The third kappa shape index (κ3) is 2.42. The molecule has 0 aromatic carbocycles. The first-order valence-corrected chi connectivity index (χ1v) is 6.35. The van der Waals surface area contributed by atoms with Crippen LogP contribution in [-0.2, 0) is 11.9 Å². The molecule has 0 aliphatic rings. The van der Waals surface area contributed by atoms with Gasteiger partial charge in [0.1, 0.15) is 12.9 Å². The second-order valence-electron chi connectivity index (χ2n) is 4.50. The third-order valence-electron chi connectivity index (χ3n) is 2.96. The lowest BCUT2D eigenvalue weighted by Crippen LogP contribution is -2.10. The van der Waals surface area contributed by atoms with E-state index in [-0.39, 0.29) is 0 Å². The third-order valence-corrected chi connectivity index (χ3v) is 2.96. The lowest BCUT2D eigenvalue weighted by molar-refractivity contribution is 0.213. The molecule has 0 amide bonds. The summed E-state index contributed by atoms with van der Waals surface area (Å²) in [5.74, 6) is 1.22. The monoisotopic (exact) mass is 285 g/mol. The number of hydrogen-bond donors (Lipinski definition) is 1. The number of oxime groups is 1. The van der Waals surface area contributed by atoms with Crippen LogP contribution in [0.2, 0.25) is 0 Å². The molecule has 108 valence electrons. The van der Waals surface area contributed by atoms with Gasteiger partial charge in [0.15, 0.2) is 11.5 Å². The molecule has 1 N–H and O–H groups in total. The summed E-state index contributed by atoms with van der Waals surface area (Å²) in [6.07, 6.45) is 9.10. The number of fused-ring (bicyclic) bond motifs is 1. The number of anilines is 1. The summed E-state index contributed by atoms with van der Waals surface area (Å²) in [5.41, 5.74) is 2.65. The average molecular weight is 285 g/mol. The van der Waals surface area contributed by atoms with Crippen molar-refractivity contribution in [3.05, 3.63) is 31.0 Å². The van der Waals surface area contributed by atoms with Crippen LogP contribution < -0.4 is 5.32 Å². The molecule has 0 fully saturated rings. The van der Waals surface area contributed by atoms with Crippen molar-refractivity contribution in [1.82, 2.24) is 24.1 Å². The summed E-state index contributed by atoms with van der Waals surface area (Å²) >= 11 is 0. The summed E-state index contributed by atoms with van der Waals surface area (Å²) in [6.45, 7) is 1.79. The molecule has 0 aliphatic carbocycles. The van der Waals surface area contributed by atoms with Crippen LogP contribution in [0.4, 0.5) is 5.82 Å². The first-order valence-electron chi connectivity index (χ1n) is 6.35. The molecule has 0 saturated carbocycles. The second kappa shape index (κ2) is 5.23. The molecule has 21 heavy (non-hydrogen) atoms. The number of rotatable bonds is 3. The van der Waals surface area contributed by atoms with Crippen LogP contribution in [0.3, 0.4) is 0 Å². The maximum absolute atomic E-state index is 4.72. The highest BCUT2D eigenvalue weighted by Crippen LogP contribution is 2.22. The van der Waals surface area contributed by atoms with E-state index < -0.39 is 0 Å². The molecule has 8 heteroatoms. The van der Waals surface area contributed by atoms with Crippen LogP contribution in [-0.4, -0.2) is 37.1 Å².